The van der Waals surface area contributed by atoms with Gasteiger partial charge in [-0.2, -0.15) is 0 Å². The van der Waals surface area contributed by atoms with Gasteiger partial charge in [-0.05, 0) is 61.8 Å². The number of hydrogen-bond acceptors (Lipinski definition) is 5. The molecule has 2 N–H and O–H groups in total. The Balaban J connectivity index is 1.32. The van der Waals surface area contributed by atoms with Crippen LogP contribution >= 0.6 is 11.6 Å². The number of halogens is 1. The predicted molar refractivity (Wildman–Crippen MR) is 125 cm³/mol. The number of benzene rings is 1. The van der Waals surface area contributed by atoms with Crippen molar-refractivity contribution in [2.24, 2.45) is 5.92 Å². The molecule has 0 unspecified atom stereocenters. The van der Waals surface area contributed by atoms with E-state index in [4.69, 9.17) is 11.6 Å². The first kappa shape index (κ1) is 21.9. The quantitative estimate of drug-likeness (QED) is 0.702. The molecule has 2 aromatic rings. The van der Waals surface area contributed by atoms with E-state index in [2.05, 4.69) is 39.5 Å². The molecular weight excluding hydrogens is 412 g/mol. The van der Waals surface area contributed by atoms with Gasteiger partial charge in [-0.15, -0.1) is 0 Å². The van der Waals surface area contributed by atoms with Crippen molar-refractivity contribution in [3.8, 4) is 0 Å². The maximum atomic E-state index is 12.6. The lowest BCUT2D eigenvalue weighted by Gasteiger charge is -2.33. The SMILES string of the molecule is O=C(c1cnc(NCc2ccc(N3CCC(CO)CC3)cc2)c(Cl)c1)N1CCCCC1. The number of aliphatic hydroxyl groups excluding tert-OH is 1. The maximum Gasteiger partial charge on any atom is 0.255 e. The van der Waals surface area contributed by atoms with Gasteiger partial charge in [0.15, 0.2) is 0 Å². The highest BCUT2D eigenvalue weighted by Crippen LogP contribution is 2.25. The second-order valence-electron chi connectivity index (χ2n) is 8.54. The van der Waals surface area contributed by atoms with Gasteiger partial charge in [0.2, 0.25) is 0 Å². The standard InChI is InChI=1S/C24H31ClN4O2/c25-22-14-20(24(31)29-10-2-1-3-11-29)16-27-23(22)26-15-18-4-6-21(7-5-18)28-12-8-19(17-30)9-13-28/h4-7,14,16,19,30H,1-3,8-13,15,17H2,(H,26,27). The molecule has 0 spiro atoms. The number of hydrogen-bond donors (Lipinski definition) is 2. The maximum absolute atomic E-state index is 12.6. The van der Waals surface area contributed by atoms with Crippen molar-refractivity contribution in [3.05, 3.63) is 52.7 Å². The van der Waals surface area contributed by atoms with Crippen molar-refractivity contribution >= 4 is 29.0 Å². The van der Waals surface area contributed by atoms with Crippen LogP contribution in [0.5, 0.6) is 0 Å². The average Bonchev–Trinajstić information content (AvgIpc) is 2.84. The molecule has 6 nitrogen and oxygen atoms in total. The topological polar surface area (TPSA) is 68.7 Å². The number of nitrogens with one attached hydrogen (secondary N) is 1. The van der Waals surface area contributed by atoms with Crippen LogP contribution in [0.3, 0.4) is 0 Å². The van der Waals surface area contributed by atoms with E-state index in [1.54, 1.807) is 12.3 Å². The van der Waals surface area contributed by atoms with Gasteiger partial charge in [0.25, 0.3) is 5.91 Å². The molecule has 0 aliphatic carbocycles. The van der Waals surface area contributed by atoms with E-state index in [9.17, 15) is 9.90 Å². The van der Waals surface area contributed by atoms with E-state index >= 15 is 0 Å². The van der Waals surface area contributed by atoms with Crippen molar-refractivity contribution in [2.45, 2.75) is 38.6 Å². The number of aliphatic hydroxyl groups is 1. The fourth-order valence-electron chi connectivity index (χ4n) is 4.35. The number of amides is 1. The van der Waals surface area contributed by atoms with Gasteiger partial charge < -0.3 is 20.2 Å². The Hall–Kier alpha value is -2.31. The minimum atomic E-state index is 0.0132. The van der Waals surface area contributed by atoms with Crippen LogP contribution in [0.2, 0.25) is 5.02 Å². The Morgan fingerprint density at radius 1 is 1.10 bits per heavy atom. The third kappa shape index (κ3) is 5.49. The number of carbonyl (C=O) groups is 1. The number of anilines is 2. The van der Waals surface area contributed by atoms with Crippen LogP contribution in [0.25, 0.3) is 0 Å². The van der Waals surface area contributed by atoms with Crippen LogP contribution in [-0.2, 0) is 6.54 Å². The lowest BCUT2D eigenvalue weighted by molar-refractivity contribution is 0.0724. The first-order chi connectivity index (χ1) is 15.1. The second kappa shape index (κ2) is 10.3. The third-order valence-electron chi connectivity index (χ3n) is 6.37. The van der Waals surface area contributed by atoms with Crippen molar-refractivity contribution < 1.29 is 9.90 Å². The Kier molecular flexibility index (Phi) is 7.30. The van der Waals surface area contributed by atoms with Crippen LogP contribution in [0, 0.1) is 5.92 Å². The Morgan fingerprint density at radius 2 is 1.81 bits per heavy atom. The van der Waals surface area contributed by atoms with Crippen LogP contribution < -0.4 is 10.2 Å². The number of aromatic nitrogens is 1. The molecule has 0 atom stereocenters. The third-order valence-corrected chi connectivity index (χ3v) is 6.65. The van der Waals surface area contributed by atoms with E-state index in [1.807, 2.05) is 4.90 Å². The molecule has 2 saturated heterocycles. The molecule has 7 heteroatoms. The molecule has 2 fully saturated rings. The van der Waals surface area contributed by atoms with Crippen LogP contribution in [0.1, 0.15) is 48.0 Å². The molecule has 0 saturated carbocycles. The normalized spacial score (nSPS) is 17.6. The predicted octanol–water partition coefficient (Wildman–Crippen LogP) is 4.18. The summed E-state index contributed by atoms with van der Waals surface area (Å²) in [6, 6.07) is 10.2. The molecule has 1 aromatic carbocycles. The smallest absolute Gasteiger partial charge is 0.255 e. The molecular formula is C24H31ClN4O2. The Labute approximate surface area is 189 Å². The second-order valence-corrected chi connectivity index (χ2v) is 8.95. The van der Waals surface area contributed by atoms with Gasteiger partial charge in [-0.1, -0.05) is 23.7 Å². The number of nitrogens with zero attached hydrogens (tertiary/aromatic N) is 3. The summed E-state index contributed by atoms with van der Waals surface area (Å²) in [6.07, 6.45) is 7.01. The minimum absolute atomic E-state index is 0.0132. The zero-order chi connectivity index (χ0) is 21.6. The number of rotatable bonds is 6. The van der Waals surface area contributed by atoms with E-state index in [1.165, 1.54) is 12.1 Å². The molecule has 0 bridgehead atoms. The molecule has 4 rings (SSSR count). The van der Waals surface area contributed by atoms with Gasteiger partial charge in [-0.25, -0.2) is 4.98 Å². The molecule has 1 aromatic heterocycles. The summed E-state index contributed by atoms with van der Waals surface area (Å²) < 4.78 is 0. The summed E-state index contributed by atoms with van der Waals surface area (Å²) in [7, 11) is 0. The minimum Gasteiger partial charge on any atom is -0.396 e. The molecule has 2 aliphatic heterocycles. The highest BCUT2D eigenvalue weighted by Gasteiger charge is 2.20. The Bertz CT molecular complexity index is 876. The monoisotopic (exact) mass is 442 g/mol. The highest BCUT2D eigenvalue weighted by molar-refractivity contribution is 6.33. The van der Waals surface area contributed by atoms with Crippen molar-refractivity contribution in [3.63, 3.8) is 0 Å². The van der Waals surface area contributed by atoms with Gasteiger partial charge in [0.05, 0.1) is 10.6 Å². The number of likely N-dealkylation sites (tertiary alicyclic amines) is 1. The fraction of sp³-hybridized carbons (Fsp3) is 0.500. The number of pyridine rings is 1. The van der Waals surface area contributed by atoms with Crippen LogP contribution in [0.4, 0.5) is 11.5 Å². The molecule has 166 valence electrons. The molecule has 1 amide bonds. The first-order valence-electron chi connectivity index (χ1n) is 11.3. The van der Waals surface area contributed by atoms with Crippen molar-refractivity contribution in [2.75, 3.05) is 43.0 Å². The molecule has 0 radical (unpaired) electrons. The van der Waals surface area contributed by atoms with Gasteiger partial charge in [0.1, 0.15) is 5.82 Å². The van der Waals surface area contributed by atoms with E-state index < -0.39 is 0 Å². The molecule has 3 heterocycles. The zero-order valence-corrected chi connectivity index (χ0v) is 18.7. The zero-order valence-electron chi connectivity index (χ0n) is 17.9. The van der Waals surface area contributed by atoms with Gasteiger partial charge in [0, 0.05) is 51.2 Å². The van der Waals surface area contributed by atoms with Crippen LogP contribution in [0.15, 0.2) is 36.5 Å². The Morgan fingerprint density at radius 3 is 2.45 bits per heavy atom. The number of carbonyl (C=O) groups excluding carboxylic acids is 1. The first-order valence-corrected chi connectivity index (χ1v) is 11.7. The summed E-state index contributed by atoms with van der Waals surface area (Å²) in [5.41, 5.74) is 2.91. The largest absolute Gasteiger partial charge is 0.396 e. The summed E-state index contributed by atoms with van der Waals surface area (Å²) in [6.45, 7) is 4.51. The summed E-state index contributed by atoms with van der Waals surface area (Å²) in [4.78, 5) is 21.3. The number of piperidine rings is 2. The lowest BCUT2D eigenvalue weighted by atomic mass is 9.97. The van der Waals surface area contributed by atoms with E-state index in [-0.39, 0.29) is 5.91 Å². The molecule has 31 heavy (non-hydrogen) atoms. The molecule has 2 aliphatic rings. The van der Waals surface area contributed by atoms with Gasteiger partial charge in [-0.3, -0.25) is 4.79 Å². The van der Waals surface area contributed by atoms with Crippen molar-refractivity contribution in [1.82, 2.24) is 9.88 Å². The average molecular weight is 443 g/mol. The lowest BCUT2D eigenvalue weighted by Crippen LogP contribution is -2.35. The van der Waals surface area contributed by atoms with E-state index in [0.717, 1.165) is 57.4 Å². The van der Waals surface area contributed by atoms with Crippen LogP contribution in [-0.4, -0.2) is 53.7 Å². The fourth-order valence-corrected chi connectivity index (χ4v) is 4.58. The summed E-state index contributed by atoms with van der Waals surface area (Å²) >= 11 is 6.41. The highest BCUT2D eigenvalue weighted by atomic mass is 35.5. The van der Waals surface area contributed by atoms with Crippen molar-refractivity contribution in [1.29, 1.82) is 0 Å². The summed E-state index contributed by atoms with van der Waals surface area (Å²) in [5, 5.41) is 13.0. The summed E-state index contributed by atoms with van der Waals surface area (Å²) in [5.74, 6) is 1.05. The van der Waals surface area contributed by atoms with E-state index in [0.29, 0.717) is 35.5 Å². The van der Waals surface area contributed by atoms with Gasteiger partial charge >= 0.3 is 0 Å².